The molecule has 1 atom stereocenters. The summed E-state index contributed by atoms with van der Waals surface area (Å²) in [6, 6.07) is 21.9. The first-order valence-corrected chi connectivity index (χ1v) is 14.5. The van der Waals surface area contributed by atoms with Gasteiger partial charge in [0, 0.05) is 13.1 Å². The summed E-state index contributed by atoms with van der Waals surface area (Å²) in [7, 11) is -4.12. The second-order valence-electron chi connectivity index (χ2n) is 9.14. The fourth-order valence-corrected chi connectivity index (χ4v) is 5.55. The summed E-state index contributed by atoms with van der Waals surface area (Å²) in [6.07, 6.45) is 0.520. The van der Waals surface area contributed by atoms with Crippen LogP contribution in [0, 0.1) is 6.92 Å². The minimum absolute atomic E-state index is 0.0342. The molecule has 1 unspecified atom stereocenters. The Labute approximate surface area is 231 Å². The number of hydrogen-bond donors (Lipinski definition) is 1. The average molecular weight is 552 g/mol. The van der Waals surface area contributed by atoms with E-state index in [2.05, 4.69) is 5.32 Å². The van der Waals surface area contributed by atoms with Crippen molar-refractivity contribution in [2.75, 3.05) is 30.5 Å². The summed E-state index contributed by atoms with van der Waals surface area (Å²) < 4.78 is 34.3. The molecule has 0 saturated carbocycles. The van der Waals surface area contributed by atoms with Crippen LogP contribution in [-0.4, -0.2) is 57.4 Å². The molecule has 0 fully saturated rings. The Bertz CT molecular complexity index is 1330. The Hall–Kier alpha value is -3.85. The van der Waals surface area contributed by atoms with Crippen LogP contribution in [0.4, 0.5) is 5.69 Å². The monoisotopic (exact) mass is 551 g/mol. The minimum atomic E-state index is -4.12. The van der Waals surface area contributed by atoms with Gasteiger partial charge in [0.1, 0.15) is 18.3 Å². The van der Waals surface area contributed by atoms with Crippen molar-refractivity contribution < 1.29 is 22.7 Å². The second-order valence-corrected chi connectivity index (χ2v) is 11.0. The van der Waals surface area contributed by atoms with Gasteiger partial charge in [-0.3, -0.25) is 13.9 Å². The summed E-state index contributed by atoms with van der Waals surface area (Å²) in [5.41, 5.74) is 2.32. The molecule has 0 saturated heterocycles. The number of aryl methyl sites for hydroxylation is 1. The SMILES string of the molecule is CCNC(=O)C(C)N(CCc1ccccc1)C(=O)CN(c1ccc(C)cc1)S(=O)(=O)c1ccc(OCC)cc1. The summed E-state index contributed by atoms with van der Waals surface area (Å²) >= 11 is 0. The summed E-state index contributed by atoms with van der Waals surface area (Å²) in [5.74, 6) is -0.216. The van der Waals surface area contributed by atoms with Crippen LogP contribution < -0.4 is 14.4 Å². The molecule has 3 aromatic rings. The van der Waals surface area contributed by atoms with Crippen LogP contribution in [0.15, 0.2) is 83.8 Å². The molecule has 9 heteroatoms. The van der Waals surface area contributed by atoms with Crippen molar-refractivity contribution in [3.63, 3.8) is 0 Å². The smallest absolute Gasteiger partial charge is 0.264 e. The number of carbonyl (C=O) groups is 2. The van der Waals surface area contributed by atoms with E-state index in [0.717, 1.165) is 15.4 Å². The molecule has 0 heterocycles. The van der Waals surface area contributed by atoms with Crippen molar-refractivity contribution in [1.29, 1.82) is 0 Å². The van der Waals surface area contributed by atoms with Crippen molar-refractivity contribution >= 4 is 27.5 Å². The van der Waals surface area contributed by atoms with Crippen molar-refractivity contribution in [2.45, 2.75) is 45.1 Å². The number of anilines is 1. The highest BCUT2D eigenvalue weighted by Gasteiger charge is 2.32. The van der Waals surface area contributed by atoms with Gasteiger partial charge in [0.25, 0.3) is 10.0 Å². The molecule has 0 aliphatic heterocycles. The lowest BCUT2D eigenvalue weighted by Crippen LogP contribution is -2.52. The number of nitrogens with zero attached hydrogens (tertiary/aromatic N) is 2. The predicted molar refractivity (Wildman–Crippen MR) is 153 cm³/mol. The van der Waals surface area contributed by atoms with Crippen LogP contribution in [0.3, 0.4) is 0 Å². The molecule has 0 spiro atoms. The number of sulfonamides is 1. The normalized spacial score (nSPS) is 11.9. The van der Waals surface area contributed by atoms with Gasteiger partial charge in [0.15, 0.2) is 0 Å². The lowest BCUT2D eigenvalue weighted by Gasteiger charge is -2.32. The van der Waals surface area contributed by atoms with Crippen molar-refractivity contribution in [3.8, 4) is 5.75 Å². The number of benzene rings is 3. The zero-order valence-electron chi connectivity index (χ0n) is 23.0. The maximum Gasteiger partial charge on any atom is 0.264 e. The van der Waals surface area contributed by atoms with Crippen molar-refractivity contribution in [2.24, 2.45) is 0 Å². The van der Waals surface area contributed by atoms with Crippen LogP contribution >= 0.6 is 0 Å². The summed E-state index contributed by atoms with van der Waals surface area (Å²) in [6.45, 7) is 7.89. The first kappa shape index (κ1) is 29.7. The Kier molecular flexibility index (Phi) is 10.5. The third kappa shape index (κ3) is 7.83. The number of rotatable bonds is 13. The van der Waals surface area contributed by atoms with Gasteiger partial charge in [0.05, 0.1) is 17.2 Å². The number of carbonyl (C=O) groups excluding carboxylic acids is 2. The van der Waals surface area contributed by atoms with E-state index in [4.69, 9.17) is 4.74 Å². The molecule has 0 aliphatic rings. The highest BCUT2D eigenvalue weighted by molar-refractivity contribution is 7.92. The molecule has 0 aromatic heterocycles. The highest BCUT2D eigenvalue weighted by atomic mass is 32.2. The molecule has 2 amide bonds. The topological polar surface area (TPSA) is 96.0 Å². The van der Waals surface area contributed by atoms with Gasteiger partial charge in [-0.1, -0.05) is 48.0 Å². The van der Waals surface area contributed by atoms with Crippen molar-refractivity contribution in [3.05, 3.63) is 90.0 Å². The number of nitrogens with one attached hydrogen (secondary N) is 1. The fourth-order valence-electron chi connectivity index (χ4n) is 4.13. The van der Waals surface area contributed by atoms with Gasteiger partial charge in [-0.05, 0) is 76.1 Å². The van der Waals surface area contributed by atoms with Gasteiger partial charge in [-0.2, -0.15) is 0 Å². The lowest BCUT2D eigenvalue weighted by molar-refractivity contribution is -0.138. The maximum absolute atomic E-state index is 13.9. The molecule has 8 nitrogen and oxygen atoms in total. The molecule has 0 radical (unpaired) electrons. The molecule has 0 aliphatic carbocycles. The quantitative estimate of drug-likeness (QED) is 0.344. The van der Waals surface area contributed by atoms with Gasteiger partial charge in [-0.25, -0.2) is 8.42 Å². The lowest BCUT2D eigenvalue weighted by atomic mass is 10.1. The third-order valence-electron chi connectivity index (χ3n) is 6.33. The van der Waals surface area contributed by atoms with E-state index in [1.807, 2.05) is 51.1 Å². The average Bonchev–Trinajstić information content (AvgIpc) is 2.93. The predicted octanol–water partition coefficient (Wildman–Crippen LogP) is 4.18. The minimum Gasteiger partial charge on any atom is -0.494 e. The summed E-state index contributed by atoms with van der Waals surface area (Å²) in [5, 5.41) is 2.77. The van der Waals surface area contributed by atoms with Crippen LogP contribution in [0.2, 0.25) is 0 Å². The Balaban J connectivity index is 1.96. The first-order valence-electron chi connectivity index (χ1n) is 13.1. The third-order valence-corrected chi connectivity index (χ3v) is 8.11. The number of likely N-dealkylation sites (N-methyl/N-ethyl adjacent to an activating group) is 1. The molecule has 208 valence electrons. The Morgan fingerprint density at radius 1 is 0.923 bits per heavy atom. The van der Waals surface area contributed by atoms with Gasteiger partial charge < -0.3 is 15.0 Å². The fraction of sp³-hybridized carbons (Fsp3) is 0.333. The van der Waals surface area contributed by atoms with E-state index >= 15 is 0 Å². The standard InChI is InChI=1S/C30H37N3O5S/c1-5-31-30(35)24(4)32(21-20-25-10-8-7-9-11-25)29(34)22-33(26-14-12-23(3)13-15-26)39(36,37)28-18-16-27(17-19-28)38-6-2/h7-19,24H,5-6,20-22H2,1-4H3,(H,31,35). The van der Waals surface area contributed by atoms with E-state index in [9.17, 15) is 18.0 Å². The van der Waals surface area contributed by atoms with E-state index in [1.165, 1.54) is 17.0 Å². The summed E-state index contributed by atoms with van der Waals surface area (Å²) in [4.78, 5) is 28.0. The molecular weight excluding hydrogens is 514 g/mol. The molecule has 3 aromatic carbocycles. The zero-order chi connectivity index (χ0) is 28.4. The molecule has 3 rings (SSSR count). The number of amides is 2. The highest BCUT2D eigenvalue weighted by Crippen LogP contribution is 2.26. The molecular formula is C30H37N3O5S. The van der Waals surface area contributed by atoms with E-state index in [1.54, 1.807) is 43.3 Å². The maximum atomic E-state index is 13.9. The van der Waals surface area contributed by atoms with Crippen LogP contribution in [0.1, 0.15) is 31.9 Å². The van der Waals surface area contributed by atoms with Gasteiger partial charge in [0.2, 0.25) is 11.8 Å². The molecule has 0 bridgehead atoms. The van der Waals surface area contributed by atoms with E-state index in [0.29, 0.717) is 31.0 Å². The van der Waals surface area contributed by atoms with Crippen LogP contribution in [0.25, 0.3) is 0 Å². The van der Waals surface area contributed by atoms with Crippen LogP contribution in [0.5, 0.6) is 5.75 Å². The van der Waals surface area contributed by atoms with Crippen molar-refractivity contribution in [1.82, 2.24) is 10.2 Å². The van der Waals surface area contributed by atoms with E-state index < -0.39 is 28.5 Å². The van der Waals surface area contributed by atoms with Gasteiger partial charge >= 0.3 is 0 Å². The van der Waals surface area contributed by atoms with Crippen LogP contribution in [-0.2, 0) is 26.0 Å². The first-order chi connectivity index (χ1) is 18.7. The Morgan fingerprint density at radius 3 is 2.15 bits per heavy atom. The second kappa shape index (κ2) is 13.8. The Morgan fingerprint density at radius 2 is 1.56 bits per heavy atom. The molecule has 1 N–H and O–H groups in total. The molecule has 39 heavy (non-hydrogen) atoms. The number of hydrogen-bond acceptors (Lipinski definition) is 5. The number of ether oxygens (including phenoxy) is 1. The zero-order valence-corrected chi connectivity index (χ0v) is 23.8. The van der Waals surface area contributed by atoms with E-state index in [-0.39, 0.29) is 17.3 Å². The largest absolute Gasteiger partial charge is 0.494 e. The van der Waals surface area contributed by atoms with Gasteiger partial charge in [-0.15, -0.1) is 0 Å².